The summed E-state index contributed by atoms with van der Waals surface area (Å²) in [7, 11) is 0. The lowest BCUT2D eigenvalue weighted by molar-refractivity contribution is -0.156. The molecule has 0 N–H and O–H groups in total. The molecule has 1 heterocycles. The van der Waals surface area contributed by atoms with E-state index in [-0.39, 0.29) is 5.97 Å². The third-order valence-electron chi connectivity index (χ3n) is 5.51. The number of hydrogen-bond acceptors (Lipinski definition) is 5. The molecular formula is C26H31Cl2NO4. The molecule has 0 radical (unpaired) electrons. The largest absolute Gasteiger partial charge is 0.492 e. The normalized spacial score (nSPS) is 15.1. The van der Waals surface area contributed by atoms with Crippen molar-refractivity contribution in [3.63, 3.8) is 0 Å². The fraction of sp³-hybridized carbons (Fsp3) is 0.423. The van der Waals surface area contributed by atoms with E-state index in [2.05, 4.69) is 11.0 Å². The number of halogens is 2. The smallest absolute Gasteiger partial charge is 0.335 e. The number of rotatable bonds is 11. The molecule has 1 unspecified atom stereocenters. The van der Waals surface area contributed by atoms with Gasteiger partial charge in [-0.25, -0.2) is 4.79 Å². The molecule has 2 aromatic rings. The zero-order valence-corrected chi connectivity index (χ0v) is 20.7. The number of nitrogens with zero attached hydrogens (tertiary/aromatic N) is 1. The van der Waals surface area contributed by atoms with Crippen LogP contribution in [-0.4, -0.2) is 56.4 Å². The molecule has 1 aliphatic rings. The molecule has 0 spiro atoms. The van der Waals surface area contributed by atoms with Gasteiger partial charge in [0.25, 0.3) is 0 Å². The van der Waals surface area contributed by atoms with Crippen LogP contribution in [0, 0.1) is 0 Å². The summed E-state index contributed by atoms with van der Waals surface area (Å²) in [5.41, 5.74) is 3.33. The van der Waals surface area contributed by atoms with Gasteiger partial charge in [0.2, 0.25) is 0 Å². The van der Waals surface area contributed by atoms with Crippen LogP contribution in [0.5, 0.6) is 5.75 Å². The molecule has 0 aromatic heterocycles. The summed E-state index contributed by atoms with van der Waals surface area (Å²) in [5, 5.41) is 1.35. The zero-order valence-electron chi connectivity index (χ0n) is 19.2. The van der Waals surface area contributed by atoms with E-state index in [1.165, 1.54) is 5.57 Å². The predicted octanol–water partition coefficient (Wildman–Crippen LogP) is 5.67. The van der Waals surface area contributed by atoms with Gasteiger partial charge in [-0.2, -0.15) is 0 Å². The predicted molar refractivity (Wildman–Crippen MR) is 133 cm³/mol. The Hall–Kier alpha value is -2.05. The quantitative estimate of drug-likeness (QED) is 0.378. The van der Waals surface area contributed by atoms with Crippen molar-refractivity contribution in [2.75, 3.05) is 39.5 Å². The molecule has 0 fully saturated rings. The summed E-state index contributed by atoms with van der Waals surface area (Å²) in [4.78, 5) is 14.4. The Balaban J connectivity index is 1.44. The average Bonchev–Trinajstić information content (AvgIpc) is 2.81. The summed E-state index contributed by atoms with van der Waals surface area (Å²) in [5.74, 6) is 0.487. The Morgan fingerprint density at radius 3 is 2.52 bits per heavy atom. The third kappa shape index (κ3) is 7.75. The molecule has 2 aromatic carbocycles. The molecule has 0 aliphatic carbocycles. The highest BCUT2D eigenvalue weighted by Gasteiger charge is 2.20. The van der Waals surface area contributed by atoms with Crippen LogP contribution < -0.4 is 4.74 Å². The van der Waals surface area contributed by atoms with E-state index in [1.54, 1.807) is 13.0 Å². The van der Waals surface area contributed by atoms with Crippen LogP contribution in [0.15, 0.2) is 48.5 Å². The van der Waals surface area contributed by atoms with Gasteiger partial charge >= 0.3 is 5.97 Å². The molecule has 0 saturated carbocycles. The molecule has 3 rings (SSSR count). The highest BCUT2D eigenvalue weighted by molar-refractivity contribution is 6.35. The van der Waals surface area contributed by atoms with Crippen molar-refractivity contribution < 1.29 is 19.0 Å². The van der Waals surface area contributed by atoms with Crippen LogP contribution in [0.1, 0.15) is 31.4 Å². The van der Waals surface area contributed by atoms with Crippen molar-refractivity contribution in [1.82, 2.24) is 4.90 Å². The monoisotopic (exact) mass is 491 g/mol. The van der Waals surface area contributed by atoms with E-state index in [4.69, 9.17) is 37.4 Å². The van der Waals surface area contributed by atoms with Crippen LogP contribution in [0.3, 0.4) is 0 Å². The van der Waals surface area contributed by atoms with Crippen LogP contribution >= 0.6 is 23.2 Å². The Kier molecular flexibility index (Phi) is 10.1. The lowest BCUT2D eigenvalue weighted by Crippen LogP contribution is -2.32. The van der Waals surface area contributed by atoms with Crippen molar-refractivity contribution in [2.24, 2.45) is 0 Å². The Labute approximate surface area is 206 Å². The van der Waals surface area contributed by atoms with Crippen LogP contribution in [0.4, 0.5) is 0 Å². The van der Waals surface area contributed by atoms with Crippen molar-refractivity contribution in [3.8, 4) is 5.75 Å². The minimum atomic E-state index is -0.582. The highest BCUT2D eigenvalue weighted by Crippen LogP contribution is 2.30. The summed E-state index contributed by atoms with van der Waals surface area (Å²) < 4.78 is 16.6. The van der Waals surface area contributed by atoms with Crippen LogP contribution in [-0.2, 0) is 20.7 Å². The maximum Gasteiger partial charge on any atom is 0.335 e. The SMILES string of the molecule is CCOC(=O)C(Cc1ccc(OCCN2CC=C(c3ccc(Cl)cc3Cl)CC2)cc1)OCC. The Morgan fingerprint density at radius 1 is 1.09 bits per heavy atom. The molecule has 5 nitrogen and oxygen atoms in total. The first kappa shape index (κ1) is 25.6. The maximum absolute atomic E-state index is 12.0. The van der Waals surface area contributed by atoms with Gasteiger partial charge < -0.3 is 14.2 Å². The van der Waals surface area contributed by atoms with Crippen molar-refractivity contribution in [2.45, 2.75) is 32.8 Å². The van der Waals surface area contributed by atoms with Gasteiger partial charge in [0, 0.05) is 42.7 Å². The second kappa shape index (κ2) is 13.0. The van der Waals surface area contributed by atoms with Gasteiger partial charge in [-0.3, -0.25) is 4.90 Å². The van der Waals surface area contributed by atoms with Gasteiger partial charge in [0.1, 0.15) is 12.4 Å². The van der Waals surface area contributed by atoms with Crippen molar-refractivity contribution in [3.05, 3.63) is 69.7 Å². The molecule has 1 atom stereocenters. The molecule has 0 bridgehead atoms. The zero-order chi connectivity index (χ0) is 23.6. The molecule has 0 saturated heterocycles. The number of hydrogen-bond donors (Lipinski definition) is 0. The summed E-state index contributed by atoms with van der Waals surface area (Å²) >= 11 is 12.3. The van der Waals surface area contributed by atoms with Gasteiger partial charge in [0.15, 0.2) is 6.10 Å². The van der Waals surface area contributed by atoms with Gasteiger partial charge in [-0.1, -0.05) is 47.5 Å². The molecule has 33 heavy (non-hydrogen) atoms. The van der Waals surface area contributed by atoms with Gasteiger partial charge in [-0.15, -0.1) is 0 Å². The topological polar surface area (TPSA) is 48.0 Å². The fourth-order valence-electron chi connectivity index (χ4n) is 3.78. The molecule has 1 aliphatic heterocycles. The standard InChI is InChI=1S/C26H31Cl2NO4/c1-3-31-25(26(30)32-4-2)17-19-5-8-22(9-6-19)33-16-15-29-13-11-20(12-14-29)23-10-7-21(27)18-24(23)28/h5-11,18,25H,3-4,12-17H2,1-2H3. The average molecular weight is 492 g/mol. The molecular weight excluding hydrogens is 461 g/mol. The molecule has 0 amide bonds. The fourth-order valence-corrected chi connectivity index (χ4v) is 4.31. The number of carbonyl (C=O) groups excluding carboxylic acids is 1. The number of ether oxygens (including phenoxy) is 3. The maximum atomic E-state index is 12.0. The lowest BCUT2D eigenvalue weighted by atomic mass is 9.99. The van der Waals surface area contributed by atoms with Gasteiger partial charge in [-0.05, 0) is 61.2 Å². The van der Waals surface area contributed by atoms with E-state index >= 15 is 0 Å². The van der Waals surface area contributed by atoms with E-state index in [1.807, 2.05) is 43.3 Å². The number of esters is 1. The first-order valence-corrected chi connectivity index (χ1v) is 12.1. The summed E-state index contributed by atoms with van der Waals surface area (Å²) in [6.45, 7) is 7.74. The number of carbonyl (C=O) groups is 1. The highest BCUT2D eigenvalue weighted by atomic mass is 35.5. The summed E-state index contributed by atoms with van der Waals surface area (Å²) in [6.07, 6.45) is 3.07. The minimum absolute atomic E-state index is 0.322. The van der Waals surface area contributed by atoms with E-state index in [0.29, 0.717) is 36.3 Å². The lowest BCUT2D eigenvalue weighted by Gasteiger charge is -2.26. The van der Waals surface area contributed by atoms with Crippen LogP contribution in [0.25, 0.3) is 5.57 Å². The van der Waals surface area contributed by atoms with Crippen molar-refractivity contribution in [1.29, 1.82) is 0 Å². The van der Waals surface area contributed by atoms with E-state index < -0.39 is 6.10 Å². The Morgan fingerprint density at radius 2 is 1.88 bits per heavy atom. The third-order valence-corrected chi connectivity index (χ3v) is 6.06. The molecule has 178 valence electrons. The second-order valence-electron chi connectivity index (χ2n) is 7.80. The van der Waals surface area contributed by atoms with Crippen molar-refractivity contribution >= 4 is 34.7 Å². The minimum Gasteiger partial charge on any atom is -0.492 e. The molecule has 7 heteroatoms. The first-order chi connectivity index (χ1) is 16.0. The number of benzene rings is 2. The Bertz CT molecular complexity index is 946. The van der Waals surface area contributed by atoms with Crippen LogP contribution in [0.2, 0.25) is 10.0 Å². The summed E-state index contributed by atoms with van der Waals surface area (Å²) in [6, 6.07) is 13.4. The van der Waals surface area contributed by atoms with E-state index in [9.17, 15) is 4.79 Å². The second-order valence-corrected chi connectivity index (χ2v) is 8.64. The first-order valence-electron chi connectivity index (χ1n) is 11.4. The van der Waals surface area contributed by atoms with E-state index in [0.717, 1.165) is 42.9 Å². The van der Waals surface area contributed by atoms with Gasteiger partial charge in [0.05, 0.1) is 6.61 Å².